The van der Waals surface area contributed by atoms with Crippen molar-refractivity contribution in [2.45, 2.75) is 65.2 Å². The van der Waals surface area contributed by atoms with Crippen LogP contribution in [0.5, 0.6) is 0 Å². The topological polar surface area (TPSA) is 26.3 Å². The molecule has 0 saturated carbocycles. The molecule has 0 aliphatic heterocycles. The molecule has 0 spiro atoms. The Kier molecular flexibility index (Phi) is 11.7. The molecule has 0 aromatic carbocycles. The summed E-state index contributed by atoms with van der Waals surface area (Å²) in [6, 6.07) is 0. The van der Waals surface area contributed by atoms with Crippen LogP contribution in [0.2, 0.25) is 0 Å². The highest BCUT2D eigenvalue weighted by Gasteiger charge is 1.90. The van der Waals surface area contributed by atoms with Crippen LogP contribution in [-0.4, -0.2) is 12.6 Å². The molecule has 0 aliphatic carbocycles. The van der Waals surface area contributed by atoms with E-state index in [1.165, 1.54) is 45.4 Å². The van der Waals surface area contributed by atoms with Gasteiger partial charge in [-0.25, -0.2) is 0 Å². The Balaban J connectivity index is 3.06. The first-order valence-electron chi connectivity index (χ1n) is 6.55. The summed E-state index contributed by atoms with van der Waals surface area (Å²) in [5.41, 5.74) is 0. The summed E-state index contributed by atoms with van der Waals surface area (Å²) in [4.78, 5) is 10.5. The lowest BCUT2D eigenvalue weighted by atomic mass is 10.1. The van der Waals surface area contributed by atoms with Gasteiger partial charge in [0.05, 0.1) is 6.61 Å². The molecule has 0 amide bonds. The Morgan fingerprint density at radius 2 is 1.62 bits per heavy atom. The number of ether oxygens (including phenoxy) is 1. The Bertz CT molecular complexity index is 185. The number of rotatable bonds is 10. The molecule has 0 unspecified atom stereocenters. The second kappa shape index (κ2) is 12.3. The molecule has 2 nitrogen and oxygen atoms in total. The number of hydrogen-bond donors (Lipinski definition) is 0. The molecule has 0 aromatic rings. The number of unbranched alkanes of at least 4 members (excludes halogenated alkanes) is 6. The van der Waals surface area contributed by atoms with E-state index in [4.69, 9.17) is 4.74 Å². The molecular weight excluding hydrogens is 200 g/mol. The van der Waals surface area contributed by atoms with Crippen molar-refractivity contribution in [2.24, 2.45) is 0 Å². The van der Waals surface area contributed by atoms with Crippen LogP contribution in [0.3, 0.4) is 0 Å². The minimum Gasteiger partial charge on any atom is -0.466 e. The molecule has 0 atom stereocenters. The van der Waals surface area contributed by atoms with E-state index in [1.54, 1.807) is 0 Å². The summed E-state index contributed by atoms with van der Waals surface area (Å²) in [6.07, 6.45) is 14.4. The average molecular weight is 226 g/mol. The highest BCUT2D eigenvalue weighted by atomic mass is 16.5. The third kappa shape index (κ3) is 13.2. The maximum absolute atomic E-state index is 10.5. The molecule has 0 rings (SSSR count). The van der Waals surface area contributed by atoms with Crippen molar-refractivity contribution in [2.75, 3.05) is 6.61 Å². The van der Waals surface area contributed by atoms with E-state index in [1.807, 2.05) is 0 Å². The van der Waals surface area contributed by atoms with E-state index in [-0.39, 0.29) is 5.97 Å². The van der Waals surface area contributed by atoms with Crippen molar-refractivity contribution < 1.29 is 9.53 Å². The molecule has 0 aromatic heterocycles. The number of esters is 1. The Morgan fingerprint density at radius 1 is 1.00 bits per heavy atom. The zero-order chi connectivity index (χ0) is 12.1. The maximum Gasteiger partial charge on any atom is 0.302 e. The van der Waals surface area contributed by atoms with Gasteiger partial charge in [0.25, 0.3) is 0 Å². The largest absolute Gasteiger partial charge is 0.466 e. The summed E-state index contributed by atoms with van der Waals surface area (Å²) in [7, 11) is 0. The predicted octanol–water partition coefficient (Wildman–Crippen LogP) is 4.25. The summed E-state index contributed by atoms with van der Waals surface area (Å²) in [5, 5.41) is 0. The third-order valence-corrected chi connectivity index (χ3v) is 2.48. The van der Waals surface area contributed by atoms with E-state index in [0.29, 0.717) is 6.61 Å². The van der Waals surface area contributed by atoms with Crippen molar-refractivity contribution in [1.29, 1.82) is 0 Å². The lowest BCUT2D eigenvalue weighted by molar-refractivity contribution is -0.140. The lowest BCUT2D eigenvalue weighted by Crippen LogP contribution is -1.98. The standard InChI is InChI=1S/C14H26O2/c1-3-4-5-6-7-8-9-10-11-12-13-16-14(2)15/h10-11H,3-9,12-13H2,1-2H3. The molecule has 0 N–H and O–H groups in total. The van der Waals surface area contributed by atoms with Crippen molar-refractivity contribution in [1.82, 2.24) is 0 Å². The fourth-order valence-electron chi connectivity index (χ4n) is 1.55. The van der Waals surface area contributed by atoms with Crippen LogP contribution >= 0.6 is 0 Å². The SMILES string of the molecule is CCCCCCCCC=CCCOC(C)=O. The van der Waals surface area contributed by atoms with Crippen LogP contribution in [-0.2, 0) is 9.53 Å². The minimum absolute atomic E-state index is 0.190. The first-order chi connectivity index (χ1) is 7.77. The molecule has 94 valence electrons. The zero-order valence-electron chi connectivity index (χ0n) is 10.8. The van der Waals surface area contributed by atoms with Crippen LogP contribution in [0.4, 0.5) is 0 Å². The molecule has 0 saturated heterocycles. The first kappa shape index (κ1) is 15.2. The van der Waals surface area contributed by atoms with E-state index >= 15 is 0 Å². The molecular formula is C14H26O2. The van der Waals surface area contributed by atoms with Crippen LogP contribution in [0.25, 0.3) is 0 Å². The highest BCUT2D eigenvalue weighted by molar-refractivity contribution is 5.65. The van der Waals surface area contributed by atoms with Crippen LogP contribution < -0.4 is 0 Å². The predicted molar refractivity (Wildman–Crippen MR) is 68.4 cm³/mol. The first-order valence-corrected chi connectivity index (χ1v) is 6.55. The van der Waals surface area contributed by atoms with Gasteiger partial charge in [0, 0.05) is 6.92 Å². The van der Waals surface area contributed by atoms with Crippen molar-refractivity contribution >= 4 is 5.97 Å². The molecule has 2 heteroatoms. The maximum atomic E-state index is 10.5. The molecule has 0 radical (unpaired) electrons. The molecule has 0 bridgehead atoms. The van der Waals surface area contributed by atoms with Gasteiger partial charge in [0.2, 0.25) is 0 Å². The van der Waals surface area contributed by atoms with E-state index < -0.39 is 0 Å². The fourth-order valence-corrected chi connectivity index (χ4v) is 1.55. The summed E-state index contributed by atoms with van der Waals surface area (Å²) in [5.74, 6) is -0.190. The van der Waals surface area contributed by atoms with Gasteiger partial charge < -0.3 is 4.74 Å². The molecule has 0 heterocycles. The van der Waals surface area contributed by atoms with Gasteiger partial charge in [0.15, 0.2) is 0 Å². The normalized spacial score (nSPS) is 10.9. The van der Waals surface area contributed by atoms with E-state index in [9.17, 15) is 4.79 Å². The van der Waals surface area contributed by atoms with Crippen molar-refractivity contribution in [3.63, 3.8) is 0 Å². The molecule has 16 heavy (non-hydrogen) atoms. The average Bonchev–Trinajstić information content (AvgIpc) is 2.25. The zero-order valence-corrected chi connectivity index (χ0v) is 10.8. The second-order valence-electron chi connectivity index (χ2n) is 4.16. The van der Waals surface area contributed by atoms with Gasteiger partial charge in [-0.05, 0) is 19.3 Å². The monoisotopic (exact) mass is 226 g/mol. The Hall–Kier alpha value is -0.790. The van der Waals surface area contributed by atoms with Gasteiger partial charge in [-0.3, -0.25) is 4.79 Å². The number of carbonyl (C=O) groups is 1. The Morgan fingerprint density at radius 3 is 2.31 bits per heavy atom. The second-order valence-corrected chi connectivity index (χ2v) is 4.16. The molecule has 0 aliphatic rings. The van der Waals surface area contributed by atoms with Crippen molar-refractivity contribution in [3.8, 4) is 0 Å². The van der Waals surface area contributed by atoms with E-state index in [2.05, 4.69) is 19.1 Å². The summed E-state index contributed by atoms with van der Waals surface area (Å²) in [6.45, 7) is 4.20. The van der Waals surface area contributed by atoms with Gasteiger partial charge in [-0.15, -0.1) is 0 Å². The van der Waals surface area contributed by atoms with Crippen LogP contribution in [0, 0.1) is 0 Å². The van der Waals surface area contributed by atoms with Gasteiger partial charge >= 0.3 is 5.97 Å². The highest BCUT2D eigenvalue weighted by Crippen LogP contribution is 2.07. The van der Waals surface area contributed by atoms with Crippen molar-refractivity contribution in [3.05, 3.63) is 12.2 Å². The minimum atomic E-state index is -0.190. The quantitative estimate of drug-likeness (QED) is 0.316. The van der Waals surface area contributed by atoms with Gasteiger partial charge in [-0.2, -0.15) is 0 Å². The van der Waals surface area contributed by atoms with Crippen LogP contribution in [0.1, 0.15) is 65.2 Å². The third-order valence-electron chi connectivity index (χ3n) is 2.48. The fraction of sp³-hybridized carbons (Fsp3) is 0.786. The number of hydrogen-bond acceptors (Lipinski definition) is 2. The summed E-state index contributed by atoms with van der Waals surface area (Å²) < 4.78 is 4.82. The van der Waals surface area contributed by atoms with Crippen LogP contribution in [0.15, 0.2) is 12.2 Å². The lowest BCUT2D eigenvalue weighted by Gasteiger charge is -1.98. The van der Waals surface area contributed by atoms with Gasteiger partial charge in [-0.1, -0.05) is 51.2 Å². The van der Waals surface area contributed by atoms with Gasteiger partial charge in [0.1, 0.15) is 0 Å². The number of allylic oxidation sites excluding steroid dienone is 1. The number of carbonyl (C=O) groups excluding carboxylic acids is 1. The smallest absolute Gasteiger partial charge is 0.302 e. The van der Waals surface area contributed by atoms with E-state index in [0.717, 1.165) is 12.8 Å². The Labute approximate surface area is 100 Å². The molecule has 0 fully saturated rings. The summed E-state index contributed by atoms with van der Waals surface area (Å²) >= 11 is 0.